The summed E-state index contributed by atoms with van der Waals surface area (Å²) in [6.45, 7) is 0.786. The van der Waals surface area contributed by atoms with E-state index in [1.807, 2.05) is 0 Å². The standard InChI is InChI=1S/C11H18N2OS/c12-9(15)11(5-6-11)10(14)13-7-4-8-2-1-3-8/h8H,1-7H2,(H2,12,15)(H,13,14). The molecule has 2 aliphatic rings. The summed E-state index contributed by atoms with van der Waals surface area (Å²) in [7, 11) is 0. The summed E-state index contributed by atoms with van der Waals surface area (Å²) in [6.07, 6.45) is 6.79. The minimum Gasteiger partial charge on any atom is -0.392 e. The van der Waals surface area contributed by atoms with Crippen molar-refractivity contribution in [1.29, 1.82) is 0 Å². The Labute approximate surface area is 95.8 Å². The van der Waals surface area contributed by atoms with Gasteiger partial charge in [-0.3, -0.25) is 4.79 Å². The predicted octanol–water partition coefficient (Wildman–Crippen LogP) is 1.36. The lowest BCUT2D eigenvalue weighted by atomic mass is 9.83. The summed E-state index contributed by atoms with van der Waals surface area (Å²) in [5.74, 6) is 0.889. The van der Waals surface area contributed by atoms with Gasteiger partial charge < -0.3 is 11.1 Å². The molecular weight excluding hydrogens is 208 g/mol. The Morgan fingerprint density at radius 2 is 2.13 bits per heavy atom. The SMILES string of the molecule is NC(=S)C1(C(=O)NCCC2CCC2)CC1. The van der Waals surface area contributed by atoms with E-state index < -0.39 is 5.41 Å². The van der Waals surface area contributed by atoms with Crippen LogP contribution in [0.4, 0.5) is 0 Å². The summed E-state index contributed by atoms with van der Waals surface area (Å²) in [5, 5.41) is 2.96. The lowest BCUT2D eigenvalue weighted by molar-refractivity contribution is -0.124. The number of hydrogen-bond acceptors (Lipinski definition) is 2. The van der Waals surface area contributed by atoms with Crippen molar-refractivity contribution in [2.75, 3.05) is 6.54 Å². The first-order chi connectivity index (χ1) is 7.15. The van der Waals surface area contributed by atoms with Crippen molar-refractivity contribution in [3.8, 4) is 0 Å². The molecule has 0 spiro atoms. The van der Waals surface area contributed by atoms with Gasteiger partial charge in [-0.05, 0) is 25.2 Å². The second kappa shape index (κ2) is 4.08. The highest BCUT2D eigenvalue weighted by molar-refractivity contribution is 7.80. The number of hydrogen-bond donors (Lipinski definition) is 2. The van der Waals surface area contributed by atoms with E-state index in [1.165, 1.54) is 19.3 Å². The fraction of sp³-hybridized carbons (Fsp3) is 0.818. The normalized spacial score (nSPS) is 22.9. The Bertz CT molecular complexity index is 282. The average molecular weight is 226 g/mol. The molecule has 2 rings (SSSR count). The topological polar surface area (TPSA) is 55.1 Å². The summed E-state index contributed by atoms with van der Waals surface area (Å²) in [5.41, 5.74) is 5.10. The fourth-order valence-corrected chi connectivity index (χ4v) is 2.35. The largest absolute Gasteiger partial charge is 0.392 e. The zero-order valence-electron chi connectivity index (χ0n) is 8.92. The molecule has 0 heterocycles. The van der Waals surface area contributed by atoms with Gasteiger partial charge in [0.05, 0.1) is 10.4 Å². The van der Waals surface area contributed by atoms with Crippen molar-refractivity contribution < 1.29 is 4.79 Å². The molecular formula is C11H18N2OS. The Kier molecular flexibility index (Phi) is 2.96. The maximum absolute atomic E-state index is 11.8. The van der Waals surface area contributed by atoms with Crippen LogP contribution in [-0.4, -0.2) is 17.4 Å². The number of nitrogens with one attached hydrogen (secondary N) is 1. The molecule has 0 aromatic heterocycles. The molecule has 4 heteroatoms. The van der Waals surface area contributed by atoms with E-state index in [2.05, 4.69) is 5.32 Å². The molecule has 15 heavy (non-hydrogen) atoms. The van der Waals surface area contributed by atoms with Gasteiger partial charge in [0, 0.05) is 6.54 Å². The van der Waals surface area contributed by atoms with Crippen LogP contribution >= 0.6 is 12.2 Å². The van der Waals surface area contributed by atoms with Crippen LogP contribution in [0.1, 0.15) is 38.5 Å². The smallest absolute Gasteiger partial charge is 0.233 e. The highest BCUT2D eigenvalue weighted by Crippen LogP contribution is 2.46. The Morgan fingerprint density at radius 3 is 2.53 bits per heavy atom. The number of nitrogens with two attached hydrogens (primary N) is 1. The fourth-order valence-electron chi connectivity index (χ4n) is 2.05. The van der Waals surface area contributed by atoms with Gasteiger partial charge in [-0.2, -0.15) is 0 Å². The van der Waals surface area contributed by atoms with E-state index in [-0.39, 0.29) is 5.91 Å². The third-order valence-electron chi connectivity index (χ3n) is 3.72. The van der Waals surface area contributed by atoms with Crippen LogP contribution in [0.3, 0.4) is 0 Å². The Balaban J connectivity index is 1.70. The van der Waals surface area contributed by atoms with Gasteiger partial charge in [0.2, 0.25) is 5.91 Å². The molecule has 0 unspecified atom stereocenters. The van der Waals surface area contributed by atoms with Gasteiger partial charge in [0.15, 0.2) is 0 Å². The zero-order valence-corrected chi connectivity index (χ0v) is 9.74. The van der Waals surface area contributed by atoms with Crippen molar-refractivity contribution in [2.24, 2.45) is 17.1 Å². The number of thiocarbonyl (C=S) groups is 1. The van der Waals surface area contributed by atoms with Gasteiger partial charge in [0.1, 0.15) is 0 Å². The van der Waals surface area contributed by atoms with Gasteiger partial charge in [0.25, 0.3) is 0 Å². The summed E-state index contributed by atoms with van der Waals surface area (Å²) >= 11 is 4.92. The monoisotopic (exact) mass is 226 g/mol. The molecule has 3 N–H and O–H groups in total. The summed E-state index contributed by atoms with van der Waals surface area (Å²) < 4.78 is 0. The van der Waals surface area contributed by atoms with Crippen LogP contribution in [0.5, 0.6) is 0 Å². The van der Waals surface area contributed by atoms with Crippen LogP contribution in [0.15, 0.2) is 0 Å². The third kappa shape index (κ3) is 2.14. The molecule has 1 amide bonds. The number of amides is 1. The van der Waals surface area contributed by atoms with E-state index in [0.29, 0.717) is 4.99 Å². The third-order valence-corrected chi connectivity index (χ3v) is 4.11. The quantitative estimate of drug-likeness (QED) is 0.696. The first-order valence-electron chi connectivity index (χ1n) is 5.73. The molecule has 0 aliphatic heterocycles. The maximum Gasteiger partial charge on any atom is 0.233 e. The first kappa shape index (κ1) is 10.9. The molecule has 84 valence electrons. The lowest BCUT2D eigenvalue weighted by Gasteiger charge is -2.25. The molecule has 0 saturated heterocycles. The minimum atomic E-state index is -0.477. The van der Waals surface area contributed by atoms with E-state index >= 15 is 0 Å². The van der Waals surface area contributed by atoms with Gasteiger partial charge in [-0.1, -0.05) is 31.5 Å². The molecule has 0 radical (unpaired) electrons. The van der Waals surface area contributed by atoms with E-state index in [4.69, 9.17) is 18.0 Å². The highest BCUT2D eigenvalue weighted by atomic mass is 32.1. The van der Waals surface area contributed by atoms with Gasteiger partial charge >= 0.3 is 0 Å². The van der Waals surface area contributed by atoms with Crippen LogP contribution in [0.25, 0.3) is 0 Å². The Hall–Kier alpha value is -0.640. The first-order valence-corrected chi connectivity index (χ1v) is 6.14. The van der Waals surface area contributed by atoms with Crippen molar-refractivity contribution in [1.82, 2.24) is 5.32 Å². The zero-order chi connectivity index (χ0) is 10.9. The van der Waals surface area contributed by atoms with E-state index in [1.54, 1.807) is 0 Å². The summed E-state index contributed by atoms with van der Waals surface area (Å²) in [4.78, 5) is 12.1. The van der Waals surface area contributed by atoms with Crippen LogP contribution in [-0.2, 0) is 4.79 Å². The number of carbonyl (C=O) groups is 1. The van der Waals surface area contributed by atoms with Crippen LogP contribution in [0, 0.1) is 11.3 Å². The maximum atomic E-state index is 11.8. The number of carbonyl (C=O) groups excluding carboxylic acids is 1. The summed E-state index contributed by atoms with van der Waals surface area (Å²) in [6, 6.07) is 0. The Morgan fingerprint density at radius 1 is 1.47 bits per heavy atom. The van der Waals surface area contributed by atoms with Gasteiger partial charge in [-0.15, -0.1) is 0 Å². The molecule has 0 bridgehead atoms. The highest BCUT2D eigenvalue weighted by Gasteiger charge is 2.52. The molecule has 2 fully saturated rings. The van der Waals surface area contributed by atoms with Crippen molar-refractivity contribution >= 4 is 23.1 Å². The van der Waals surface area contributed by atoms with E-state index in [9.17, 15) is 4.79 Å². The minimum absolute atomic E-state index is 0.0503. The molecule has 2 aliphatic carbocycles. The predicted molar refractivity (Wildman–Crippen MR) is 63.4 cm³/mol. The molecule has 2 saturated carbocycles. The lowest BCUT2D eigenvalue weighted by Crippen LogP contribution is -2.40. The second-order valence-electron chi connectivity index (χ2n) is 4.79. The molecule has 3 nitrogen and oxygen atoms in total. The second-order valence-corrected chi connectivity index (χ2v) is 5.23. The van der Waals surface area contributed by atoms with E-state index in [0.717, 1.165) is 31.7 Å². The van der Waals surface area contributed by atoms with Crippen molar-refractivity contribution in [2.45, 2.75) is 38.5 Å². The van der Waals surface area contributed by atoms with Crippen LogP contribution in [0.2, 0.25) is 0 Å². The van der Waals surface area contributed by atoms with Crippen molar-refractivity contribution in [3.05, 3.63) is 0 Å². The van der Waals surface area contributed by atoms with Crippen LogP contribution < -0.4 is 11.1 Å². The van der Waals surface area contributed by atoms with Crippen molar-refractivity contribution in [3.63, 3.8) is 0 Å². The molecule has 0 atom stereocenters. The molecule has 0 aromatic rings. The average Bonchev–Trinajstić information content (AvgIpc) is 2.89. The molecule has 0 aromatic carbocycles. The van der Waals surface area contributed by atoms with Gasteiger partial charge in [-0.25, -0.2) is 0 Å². The number of rotatable bonds is 5.